The van der Waals surface area contributed by atoms with Crippen LogP contribution in [0, 0.1) is 0 Å². The first-order chi connectivity index (χ1) is 9.65. The van der Waals surface area contributed by atoms with Crippen molar-refractivity contribution in [2.24, 2.45) is 5.73 Å². The van der Waals surface area contributed by atoms with Gasteiger partial charge < -0.3 is 16.4 Å². The molecule has 0 atom stereocenters. The van der Waals surface area contributed by atoms with E-state index in [4.69, 9.17) is 5.73 Å². The average Bonchev–Trinajstić information content (AvgIpc) is 2.67. The highest BCUT2D eigenvalue weighted by atomic mass is 16.2. The highest BCUT2D eigenvalue weighted by Gasteiger charge is 2.14. The zero-order valence-electron chi connectivity index (χ0n) is 11.5. The van der Waals surface area contributed by atoms with E-state index in [9.17, 15) is 9.59 Å². The number of carbonyl (C=O) groups is 2. The quantitative estimate of drug-likeness (QED) is 0.741. The third kappa shape index (κ3) is 4.26. The molecule has 5 nitrogen and oxygen atoms in total. The van der Waals surface area contributed by atoms with E-state index >= 15 is 0 Å². The zero-order chi connectivity index (χ0) is 14.4. The number of urea groups is 1. The molecule has 0 spiro atoms. The summed E-state index contributed by atoms with van der Waals surface area (Å²) in [5.74, 6) is -0.502. The third-order valence-electron chi connectivity index (χ3n) is 3.60. The summed E-state index contributed by atoms with van der Waals surface area (Å²) in [5, 5.41) is 5.74. The van der Waals surface area contributed by atoms with Crippen LogP contribution in [0.25, 0.3) is 0 Å². The van der Waals surface area contributed by atoms with Crippen LogP contribution in [0.3, 0.4) is 0 Å². The van der Waals surface area contributed by atoms with Gasteiger partial charge in [-0.3, -0.25) is 4.79 Å². The Morgan fingerprint density at radius 1 is 1.10 bits per heavy atom. The number of primary amides is 1. The maximum atomic E-state index is 11.9. The van der Waals surface area contributed by atoms with Gasteiger partial charge in [-0.25, -0.2) is 4.79 Å². The molecule has 0 unspecified atom stereocenters. The van der Waals surface area contributed by atoms with Gasteiger partial charge in [-0.2, -0.15) is 0 Å². The Balaban J connectivity index is 1.90. The van der Waals surface area contributed by atoms with Crippen LogP contribution in [-0.4, -0.2) is 18.0 Å². The van der Waals surface area contributed by atoms with Crippen LogP contribution >= 0.6 is 0 Å². The monoisotopic (exact) mass is 275 g/mol. The second kappa shape index (κ2) is 6.93. The van der Waals surface area contributed by atoms with Crippen molar-refractivity contribution in [2.75, 3.05) is 5.32 Å². The van der Waals surface area contributed by atoms with Crippen molar-refractivity contribution in [3.63, 3.8) is 0 Å². The second-order valence-corrected chi connectivity index (χ2v) is 5.23. The fourth-order valence-corrected chi connectivity index (χ4v) is 2.53. The maximum absolute atomic E-state index is 11.9. The van der Waals surface area contributed by atoms with Gasteiger partial charge in [0.2, 0.25) is 5.91 Å². The molecule has 1 aromatic rings. The van der Waals surface area contributed by atoms with Gasteiger partial charge in [-0.1, -0.05) is 31.7 Å². The van der Waals surface area contributed by atoms with Gasteiger partial charge in [-0.15, -0.1) is 0 Å². The topological polar surface area (TPSA) is 84.2 Å². The zero-order valence-corrected chi connectivity index (χ0v) is 11.5. The molecule has 0 aromatic heterocycles. The number of carbonyl (C=O) groups excluding carboxylic acids is 2. The van der Waals surface area contributed by atoms with Crippen LogP contribution in [0.15, 0.2) is 24.3 Å². The van der Waals surface area contributed by atoms with Crippen LogP contribution in [0.5, 0.6) is 0 Å². The van der Waals surface area contributed by atoms with Crippen molar-refractivity contribution < 1.29 is 9.59 Å². The normalized spacial score (nSPS) is 16.2. The van der Waals surface area contributed by atoms with Crippen molar-refractivity contribution >= 4 is 17.6 Å². The van der Waals surface area contributed by atoms with Gasteiger partial charge in [0.05, 0.1) is 0 Å². The van der Waals surface area contributed by atoms with Gasteiger partial charge in [0.25, 0.3) is 0 Å². The van der Waals surface area contributed by atoms with Gasteiger partial charge in [0.15, 0.2) is 0 Å². The van der Waals surface area contributed by atoms with Gasteiger partial charge in [0.1, 0.15) is 0 Å². The van der Waals surface area contributed by atoms with Crippen LogP contribution in [0.4, 0.5) is 10.5 Å². The number of hydrogen-bond donors (Lipinski definition) is 3. The fourth-order valence-electron chi connectivity index (χ4n) is 2.53. The lowest BCUT2D eigenvalue weighted by Crippen LogP contribution is -2.37. The molecule has 0 heterocycles. The standard InChI is InChI=1S/C15H21N3O2/c16-14(19)11-6-5-9-13(10-11)18-15(20)17-12-7-3-1-2-4-8-12/h5-6,9-10,12H,1-4,7-8H2,(H2,16,19)(H2,17,18,20). The molecule has 1 aromatic carbocycles. The number of hydrogen-bond acceptors (Lipinski definition) is 2. The lowest BCUT2D eigenvalue weighted by Gasteiger charge is -2.16. The molecule has 1 fully saturated rings. The average molecular weight is 275 g/mol. The number of anilines is 1. The molecule has 0 aliphatic heterocycles. The minimum absolute atomic E-state index is 0.224. The predicted molar refractivity (Wildman–Crippen MR) is 78.6 cm³/mol. The summed E-state index contributed by atoms with van der Waals surface area (Å²) in [5.41, 5.74) is 6.18. The Hall–Kier alpha value is -2.04. The number of nitrogens with two attached hydrogens (primary N) is 1. The van der Waals surface area contributed by atoms with E-state index < -0.39 is 5.91 Å². The van der Waals surface area contributed by atoms with Crippen molar-refractivity contribution in [1.82, 2.24) is 5.32 Å². The Labute approximate surface area is 118 Å². The SMILES string of the molecule is NC(=O)c1cccc(NC(=O)NC2CCCCCC2)c1. The van der Waals surface area contributed by atoms with E-state index in [0.717, 1.165) is 12.8 Å². The molecule has 3 amide bonds. The summed E-state index contributed by atoms with van der Waals surface area (Å²) in [4.78, 5) is 23.0. The first kappa shape index (κ1) is 14.4. The molecule has 1 saturated carbocycles. The lowest BCUT2D eigenvalue weighted by molar-refractivity contribution is 0.100. The van der Waals surface area contributed by atoms with Crippen LogP contribution in [0.1, 0.15) is 48.9 Å². The third-order valence-corrected chi connectivity index (χ3v) is 3.60. The largest absolute Gasteiger partial charge is 0.366 e. The number of benzene rings is 1. The molecule has 20 heavy (non-hydrogen) atoms. The van der Waals surface area contributed by atoms with Crippen LogP contribution in [-0.2, 0) is 0 Å². The van der Waals surface area contributed by atoms with Crippen molar-refractivity contribution in [1.29, 1.82) is 0 Å². The molecule has 4 N–H and O–H groups in total. The first-order valence-electron chi connectivity index (χ1n) is 7.12. The Kier molecular flexibility index (Phi) is 4.98. The van der Waals surface area contributed by atoms with Gasteiger partial charge >= 0.3 is 6.03 Å². The number of amides is 3. The second-order valence-electron chi connectivity index (χ2n) is 5.23. The lowest BCUT2D eigenvalue weighted by atomic mass is 10.1. The van der Waals surface area contributed by atoms with Crippen molar-refractivity contribution in [3.05, 3.63) is 29.8 Å². The molecule has 108 valence electrons. The summed E-state index contributed by atoms with van der Waals surface area (Å²) < 4.78 is 0. The molecule has 2 rings (SSSR count). The molecular weight excluding hydrogens is 254 g/mol. The smallest absolute Gasteiger partial charge is 0.319 e. The van der Waals surface area contributed by atoms with Crippen molar-refractivity contribution in [3.8, 4) is 0 Å². The summed E-state index contributed by atoms with van der Waals surface area (Å²) in [7, 11) is 0. The Bertz CT molecular complexity index is 480. The summed E-state index contributed by atoms with van der Waals surface area (Å²) >= 11 is 0. The van der Waals surface area contributed by atoms with Gasteiger partial charge in [0, 0.05) is 17.3 Å². The molecule has 1 aliphatic carbocycles. The van der Waals surface area contributed by atoms with Crippen LogP contribution < -0.4 is 16.4 Å². The summed E-state index contributed by atoms with van der Waals surface area (Å²) in [6.45, 7) is 0. The predicted octanol–water partition coefficient (Wildman–Crippen LogP) is 2.63. The van der Waals surface area contributed by atoms with E-state index in [1.165, 1.54) is 25.7 Å². The molecule has 0 bridgehead atoms. The molecular formula is C15H21N3O2. The Morgan fingerprint density at radius 3 is 2.45 bits per heavy atom. The maximum Gasteiger partial charge on any atom is 0.319 e. The first-order valence-corrected chi connectivity index (χ1v) is 7.12. The van der Waals surface area contributed by atoms with E-state index in [-0.39, 0.29) is 12.1 Å². The number of nitrogens with one attached hydrogen (secondary N) is 2. The van der Waals surface area contributed by atoms with E-state index in [2.05, 4.69) is 10.6 Å². The fraction of sp³-hybridized carbons (Fsp3) is 0.467. The highest BCUT2D eigenvalue weighted by Crippen LogP contribution is 2.17. The number of rotatable bonds is 3. The summed E-state index contributed by atoms with van der Waals surface area (Å²) in [6, 6.07) is 6.65. The molecule has 5 heteroatoms. The van der Waals surface area contributed by atoms with Gasteiger partial charge in [-0.05, 0) is 31.0 Å². The highest BCUT2D eigenvalue weighted by molar-refractivity contribution is 5.95. The minimum Gasteiger partial charge on any atom is -0.366 e. The van der Waals surface area contributed by atoms with E-state index in [1.807, 2.05) is 0 Å². The molecule has 1 aliphatic rings. The van der Waals surface area contributed by atoms with E-state index in [1.54, 1.807) is 24.3 Å². The minimum atomic E-state index is -0.502. The summed E-state index contributed by atoms with van der Waals surface area (Å²) in [6.07, 6.45) is 6.91. The van der Waals surface area contributed by atoms with E-state index in [0.29, 0.717) is 11.3 Å². The molecule has 0 radical (unpaired) electrons. The molecule has 0 saturated heterocycles. The van der Waals surface area contributed by atoms with Crippen molar-refractivity contribution in [2.45, 2.75) is 44.6 Å². The Morgan fingerprint density at radius 2 is 1.80 bits per heavy atom. The van der Waals surface area contributed by atoms with Crippen LogP contribution in [0.2, 0.25) is 0 Å².